The van der Waals surface area contributed by atoms with Crippen molar-refractivity contribution in [3.63, 3.8) is 0 Å². The molecule has 1 aromatic carbocycles. The van der Waals surface area contributed by atoms with Crippen molar-refractivity contribution in [2.75, 3.05) is 18.0 Å². The van der Waals surface area contributed by atoms with Crippen LogP contribution in [0.25, 0.3) is 0 Å². The van der Waals surface area contributed by atoms with Gasteiger partial charge in [-0.2, -0.15) is 13.2 Å². The zero-order valence-corrected chi connectivity index (χ0v) is 15.9. The number of carbonyl (C=O) groups excluding carboxylic acids is 1. The molecule has 0 radical (unpaired) electrons. The molecule has 1 amide bonds. The Labute approximate surface area is 167 Å². The van der Waals surface area contributed by atoms with Gasteiger partial charge in [0.2, 0.25) is 5.76 Å². The third-order valence-electron chi connectivity index (χ3n) is 4.59. The molecule has 0 unspecified atom stereocenters. The van der Waals surface area contributed by atoms with Gasteiger partial charge in [0.1, 0.15) is 5.69 Å². The highest BCUT2D eigenvalue weighted by Gasteiger charge is 2.37. The lowest BCUT2D eigenvalue weighted by Crippen LogP contribution is -2.44. The predicted molar refractivity (Wildman–Crippen MR) is 97.0 cm³/mol. The Morgan fingerprint density at radius 1 is 1.34 bits per heavy atom. The van der Waals surface area contributed by atoms with Crippen LogP contribution >= 0.6 is 11.6 Å². The summed E-state index contributed by atoms with van der Waals surface area (Å²) >= 11 is 5.73. The lowest BCUT2D eigenvalue weighted by atomic mass is 10.0. The maximum Gasteiger partial charge on any atom is 0.418 e. The van der Waals surface area contributed by atoms with Crippen LogP contribution in [0.3, 0.4) is 0 Å². The Balaban J connectivity index is 1.72. The second-order valence-electron chi connectivity index (χ2n) is 6.64. The van der Waals surface area contributed by atoms with Crippen LogP contribution in [0, 0.1) is 17.0 Å². The molecule has 8 nitrogen and oxygen atoms in total. The van der Waals surface area contributed by atoms with Crippen molar-refractivity contribution < 1.29 is 27.4 Å². The van der Waals surface area contributed by atoms with Crippen LogP contribution in [0.5, 0.6) is 0 Å². The average molecular weight is 433 g/mol. The van der Waals surface area contributed by atoms with Gasteiger partial charge in [0.25, 0.3) is 11.6 Å². The second kappa shape index (κ2) is 7.90. The standard InChI is InChI=1S/C17H16ClF3N4O4/c1-9-6-15(29-23-9)16(26)22-10-2-4-24(5-3-10)13-8-12(18)11(17(19,20)21)7-14(13)25(27)28/h6-8,10H,2-5H2,1H3,(H,22,26). The van der Waals surface area contributed by atoms with E-state index in [1.54, 1.807) is 11.8 Å². The lowest BCUT2D eigenvalue weighted by Gasteiger charge is -2.33. The maximum absolute atomic E-state index is 13.0. The molecule has 1 saturated heterocycles. The van der Waals surface area contributed by atoms with Crippen LogP contribution in [-0.2, 0) is 6.18 Å². The fourth-order valence-corrected chi connectivity index (χ4v) is 3.42. The van der Waals surface area contributed by atoms with Gasteiger partial charge in [-0.05, 0) is 25.8 Å². The van der Waals surface area contributed by atoms with Gasteiger partial charge < -0.3 is 14.7 Å². The number of carbonyl (C=O) groups is 1. The van der Waals surface area contributed by atoms with E-state index in [0.29, 0.717) is 37.7 Å². The van der Waals surface area contributed by atoms with Gasteiger partial charge in [-0.1, -0.05) is 16.8 Å². The topological polar surface area (TPSA) is 102 Å². The molecule has 12 heteroatoms. The highest BCUT2D eigenvalue weighted by molar-refractivity contribution is 6.31. The summed E-state index contributed by atoms with van der Waals surface area (Å²) in [6.07, 6.45) is -3.92. The number of rotatable bonds is 4. The number of nitrogens with one attached hydrogen (secondary N) is 1. The minimum Gasteiger partial charge on any atom is -0.366 e. The van der Waals surface area contributed by atoms with Crippen LogP contribution in [0.1, 0.15) is 34.7 Å². The summed E-state index contributed by atoms with van der Waals surface area (Å²) in [5, 5.41) is 17.1. The normalized spacial score (nSPS) is 15.4. The summed E-state index contributed by atoms with van der Waals surface area (Å²) in [5.74, 6) is -0.345. The van der Waals surface area contributed by atoms with E-state index in [1.165, 1.54) is 6.07 Å². The van der Waals surface area contributed by atoms with E-state index in [9.17, 15) is 28.1 Å². The molecule has 1 aliphatic heterocycles. The van der Waals surface area contributed by atoms with Crippen LogP contribution in [0.2, 0.25) is 5.02 Å². The van der Waals surface area contributed by atoms with Gasteiger partial charge >= 0.3 is 6.18 Å². The molecule has 29 heavy (non-hydrogen) atoms. The van der Waals surface area contributed by atoms with Crippen LogP contribution < -0.4 is 10.2 Å². The molecular weight excluding hydrogens is 417 g/mol. The third kappa shape index (κ3) is 4.61. The van der Waals surface area contributed by atoms with Crippen molar-refractivity contribution in [2.24, 2.45) is 0 Å². The summed E-state index contributed by atoms with van der Waals surface area (Å²) in [7, 11) is 0. The molecule has 0 saturated carbocycles. The van der Waals surface area contributed by atoms with Crippen molar-refractivity contribution in [2.45, 2.75) is 32.0 Å². The number of hydrogen-bond donors (Lipinski definition) is 1. The number of anilines is 1. The number of piperidine rings is 1. The van der Waals surface area contributed by atoms with E-state index in [1.807, 2.05) is 0 Å². The average Bonchev–Trinajstić information content (AvgIpc) is 3.07. The summed E-state index contributed by atoms with van der Waals surface area (Å²) in [6.45, 7) is 2.27. The van der Waals surface area contributed by atoms with Crippen molar-refractivity contribution in [3.8, 4) is 0 Å². The number of halogens is 4. The fraction of sp³-hybridized carbons (Fsp3) is 0.412. The molecule has 2 aromatic rings. The van der Waals surface area contributed by atoms with E-state index in [4.69, 9.17) is 16.1 Å². The van der Waals surface area contributed by atoms with Crippen molar-refractivity contribution in [1.29, 1.82) is 0 Å². The monoisotopic (exact) mass is 432 g/mol. The number of benzene rings is 1. The Bertz CT molecular complexity index is 939. The number of aromatic nitrogens is 1. The van der Waals surface area contributed by atoms with Gasteiger partial charge in [0.05, 0.1) is 21.2 Å². The van der Waals surface area contributed by atoms with Gasteiger partial charge in [-0.25, -0.2) is 0 Å². The first-order valence-corrected chi connectivity index (χ1v) is 8.98. The van der Waals surface area contributed by atoms with Gasteiger partial charge in [-0.3, -0.25) is 14.9 Å². The largest absolute Gasteiger partial charge is 0.418 e. The minimum atomic E-state index is -4.79. The van der Waals surface area contributed by atoms with Crippen molar-refractivity contribution >= 4 is 28.9 Å². The Hall–Kier alpha value is -2.82. The molecule has 0 bridgehead atoms. The fourth-order valence-electron chi connectivity index (χ4n) is 3.16. The number of nitro groups is 1. The van der Waals surface area contributed by atoms with E-state index in [-0.39, 0.29) is 17.5 Å². The third-order valence-corrected chi connectivity index (χ3v) is 4.90. The first-order chi connectivity index (χ1) is 13.6. The molecule has 0 aliphatic carbocycles. The first-order valence-electron chi connectivity index (χ1n) is 8.60. The quantitative estimate of drug-likeness (QED) is 0.579. The van der Waals surface area contributed by atoms with Crippen LogP contribution in [0.4, 0.5) is 24.5 Å². The van der Waals surface area contributed by atoms with Crippen molar-refractivity contribution in [1.82, 2.24) is 10.5 Å². The zero-order valence-electron chi connectivity index (χ0n) is 15.1. The van der Waals surface area contributed by atoms with Crippen molar-refractivity contribution in [3.05, 3.63) is 50.4 Å². The summed E-state index contributed by atoms with van der Waals surface area (Å²) in [4.78, 5) is 24.2. The molecule has 1 aliphatic rings. The first kappa shape index (κ1) is 20.9. The molecule has 1 fully saturated rings. The van der Waals surface area contributed by atoms with E-state index in [0.717, 1.165) is 6.07 Å². The molecule has 156 valence electrons. The number of aryl methyl sites for hydroxylation is 1. The van der Waals surface area contributed by atoms with Crippen LogP contribution in [-0.4, -0.2) is 35.1 Å². The number of nitro benzene ring substituents is 1. The highest BCUT2D eigenvalue weighted by Crippen LogP contribution is 2.42. The summed E-state index contributed by atoms with van der Waals surface area (Å²) < 4.78 is 43.9. The molecule has 0 atom stereocenters. The molecule has 3 rings (SSSR count). The number of nitrogens with zero attached hydrogens (tertiary/aromatic N) is 3. The van der Waals surface area contributed by atoms with E-state index >= 15 is 0 Å². The van der Waals surface area contributed by atoms with Crippen LogP contribution in [0.15, 0.2) is 22.7 Å². The van der Waals surface area contributed by atoms with Gasteiger partial charge in [0.15, 0.2) is 0 Å². The summed E-state index contributed by atoms with van der Waals surface area (Å²) in [6, 6.07) is 2.71. The number of amides is 1. The smallest absolute Gasteiger partial charge is 0.366 e. The Morgan fingerprint density at radius 3 is 2.52 bits per heavy atom. The SMILES string of the molecule is Cc1cc(C(=O)NC2CCN(c3cc(Cl)c(C(F)(F)F)cc3[N+](=O)[O-])CC2)on1. The molecule has 0 spiro atoms. The molecule has 1 aromatic heterocycles. The summed E-state index contributed by atoms with van der Waals surface area (Å²) in [5.41, 5.74) is -1.33. The van der Waals surface area contributed by atoms with Gasteiger partial charge in [-0.15, -0.1) is 0 Å². The van der Waals surface area contributed by atoms with E-state index < -0.39 is 33.3 Å². The Morgan fingerprint density at radius 2 is 2.00 bits per heavy atom. The molecular formula is C17H16ClF3N4O4. The van der Waals surface area contributed by atoms with E-state index in [2.05, 4.69) is 10.5 Å². The second-order valence-corrected chi connectivity index (χ2v) is 7.05. The predicted octanol–water partition coefficient (Wildman–Crippen LogP) is 3.96. The minimum absolute atomic E-state index is 0.0173. The maximum atomic E-state index is 13.0. The lowest BCUT2D eigenvalue weighted by molar-refractivity contribution is -0.384. The zero-order chi connectivity index (χ0) is 21.3. The highest BCUT2D eigenvalue weighted by atomic mass is 35.5. The molecule has 1 N–H and O–H groups in total. The number of hydrogen-bond acceptors (Lipinski definition) is 6. The molecule has 2 heterocycles. The number of alkyl halides is 3. The van der Waals surface area contributed by atoms with Gasteiger partial charge in [0, 0.05) is 31.3 Å². The Kier molecular flexibility index (Phi) is 5.69.